The summed E-state index contributed by atoms with van der Waals surface area (Å²) in [6.45, 7) is 1.96. The molecule has 1 aromatic heterocycles. The van der Waals surface area contributed by atoms with Crippen LogP contribution in [-0.2, 0) is 16.1 Å². The largest absolute Gasteiger partial charge is 0.384 e. The van der Waals surface area contributed by atoms with Gasteiger partial charge in [-0.1, -0.05) is 6.42 Å². The van der Waals surface area contributed by atoms with Gasteiger partial charge in [0.05, 0.1) is 18.6 Å². The summed E-state index contributed by atoms with van der Waals surface area (Å²) in [6.07, 6.45) is 6.69. The van der Waals surface area contributed by atoms with Crippen LogP contribution in [0.2, 0.25) is 0 Å². The standard InChI is InChI=1S/C13H21N3O2/c1-15(9-10-16-8-4-7-14-16)12(17)13(11-18-2)5-3-6-13/h4,7-8H,3,5-6,9-11H2,1-2H3. The van der Waals surface area contributed by atoms with Gasteiger partial charge in [-0.3, -0.25) is 9.48 Å². The average Bonchev–Trinajstić information content (AvgIpc) is 2.83. The minimum Gasteiger partial charge on any atom is -0.384 e. The zero-order valence-electron chi connectivity index (χ0n) is 11.1. The second kappa shape index (κ2) is 5.52. The lowest BCUT2D eigenvalue weighted by Crippen LogP contribution is -2.49. The van der Waals surface area contributed by atoms with Crippen LogP contribution in [-0.4, -0.2) is 47.9 Å². The molecule has 2 rings (SSSR count). The third-order valence-electron chi connectivity index (χ3n) is 3.76. The molecule has 1 aromatic rings. The van der Waals surface area contributed by atoms with Gasteiger partial charge in [0.25, 0.3) is 0 Å². The molecule has 0 atom stereocenters. The van der Waals surface area contributed by atoms with Crippen molar-refractivity contribution in [1.82, 2.24) is 14.7 Å². The summed E-state index contributed by atoms with van der Waals surface area (Å²) in [5, 5.41) is 4.13. The molecule has 0 bridgehead atoms. The van der Waals surface area contributed by atoms with Crippen LogP contribution >= 0.6 is 0 Å². The van der Waals surface area contributed by atoms with Gasteiger partial charge in [-0.2, -0.15) is 5.10 Å². The van der Waals surface area contributed by atoms with E-state index in [1.165, 1.54) is 0 Å². The van der Waals surface area contributed by atoms with Gasteiger partial charge >= 0.3 is 0 Å². The number of nitrogens with zero attached hydrogens (tertiary/aromatic N) is 3. The van der Waals surface area contributed by atoms with E-state index >= 15 is 0 Å². The third kappa shape index (κ3) is 2.56. The number of carbonyl (C=O) groups excluding carboxylic acids is 1. The third-order valence-corrected chi connectivity index (χ3v) is 3.76. The summed E-state index contributed by atoms with van der Waals surface area (Å²) in [5.74, 6) is 0.211. The normalized spacial score (nSPS) is 17.2. The molecule has 0 aliphatic heterocycles. The van der Waals surface area contributed by atoms with Crippen LogP contribution in [0.5, 0.6) is 0 Å². The van der Waals surface area contributed by atoms with Crippen molar-refractivity contribution in [3.8, 4) is 0 Å². The highest BCUT2D eigenvalue weighted by molar-refractivity contribution is 5.83. The van der Waals surface area contributed by atoms with Crippen LogP contribution < -0.4 is 0 Å². The first-order valence-corrected chi connectivity index (χ1v) is 6.40. The van der Waals surface area contributed by atoms with Gasteiger partial charge in [-0.05, 0) is 18.9 Å². The molecule has 0 saturated heterocycles. The minimum absolute atomic E-state index is 0.211. The molecule has 1 aliphatic rings. The molecule has 1 saturated carbocycles. The second-order valence-corrected chi connectivity index (χ2v) is 5.06. The molecule has 5 nitrogen and oxygen atoms in total. The number of amides is 1. The summed E-state index contributed by atoms with van der Waals surface area (Å²) in [6, 6.07) is 1.89. The monoisotopic (exact) mass is 251 g/mol. The van der Waals surface area contributed by atoms with Crippen molar-refractivity contribution in [3.63, 3.8) is 0 Å². The van der Waals surface area contributed by atoms with E-state index in [0.29, 0.717) is 13.2 Å². The first-order chi connectivity index (χ1) is 8.68. The number of carbonyl (C=O) groups is 1. The predicted octanol–water partition coefficient (Wildman–Crippen LogP) is 1.16. The zero-order chi connectivity index (χ0) is 13.0. The van der Waals surface area contributed by atoms with E-state index in [0.717, 1.165) is 25.8 Å². The lowest BCUT2D eigenvalue weighted by molar-refractivity contribution is -0.150. The van der Waals surface area contributed by atoms with Gasteiger partial charge in [0.1, 0.15) is 0 Å². The van der Waals surface area contributed by atoms with Crippen molar-refractivity contribution in [2.45, 2.75) is 25.8 Å². The summed E-state index contributed by atoms with van der Waals surface area (Å²) in [5.41, 5.74) is -0.256. The van der Waals surface area contributed by atoms with Gasteiger partial charge in [-0.15, -0.1) is 0 Å². The topological polar surface area (TPSA) is 47.4 Å². The van der Waals surface area contributed by atoms with Crippen molar-refractivity contribution in [1.29, 1.82) is 0 Å². The van der Waals surface area contributed by atoms with Crippen LogP contribution in [0.25, 0.3) is 0 Å². The SMILES string of the molecule is COCC1(C(=O)N(C)CCn2cccn2)CCC1. The highest BCUT2D eigenvalue weighted by Gasteiger charge is 2.45. The number of hydrogen-bond acceptors (Lipinski definition) is 3. The lowest BCUT2D eigenvalue weighted by Gasteiger charge is -2.42. The Bertz CT molecular complexity index is 385. The maximum absolute atomic E-state index is 12.4. The Balaban J connectivity index is 1.87. The summed E-state index contributed by atoms with van der Waals surface area (Å²) >= 11 is 0. The fourth-order valence-electron chi connectivity index (χ4n) is 2.49. The molecule has 0 radical (unpaired) electrons. The van der Waals surface area contributed by atoms with E-state index < -0.39 is 0 Å². The van der Waals surface area contributed by atoms with Gasteiger partial charge in [0, 0.05) is 33.1 Å². The van der Waals surface area contributed by atoms with E-state index in [4.69, 9.17) is 4.74 Å². The summed E-state index contributed by atoms with van der Waals surface area (Å²) in [4.78, 5) is 14.2. The van der Waals surface area contributed by atoms with E-state index in [1.54, 1.807) is 18.2 Å². The molecule has 0 unspecified atom stereocenters. The minimum atomic E-state index is -0.256. The van der Waals surface area contributed by atoms with Crippen molar-refractivity contribution >= 4 is 5.91 Å². The number of ether oxygens (including phenoxy) is 1. The molecule has 1 fully saturated rings. The van der Waals surface area contributed by atoms with Crippen LogP contribution in [0.1, 0.15) is 19.3 Å². The molecule has 1 amide bonds. The molecule has 18 heavy (non-hydrogen) atoms. The maximum atomic E-state index is 12.4. The van der Waals surface area contributed by atoms with Gasteiger partial charge < -0.3 is 9.64 Å². The van der Waals surface area contributed by atoms with Crippen LogP contribution in [0.3, 0.4) is 0 Å². The molecular weight excluding hydrogens is 230 g/mol. The fourth-order valence-corrected chi connectivity index (χ4v) is 2.49. The van der Waals surface area contributed by atoms with E-state index in [9.17, 15) is 4.79 Å². The van der Waals surface area contributed by atoms with Crippen molar-refractivity contribution in [2.24, 2.45) is 5.41 Å². The lowest BCUT2D eigenvalue weighted by atomic mass is 9.68. The van der Waals surface area contributed by atoms with E-state index in [2.05, 4.69) is 5.10 Å². The Hall–Kier alpha value is -1.36. The highest BCUT2D eigenvalue weighted by Crippen LogP contribution is 2.42. The smallest absolute Gasteiger partial charge is 0.230 e. The van der Waals surface area contributed by atoms with E-state index in [-0.39, 0.29) is 11.3 Å². The number of methoxy groups -OCH3 is 1. The molecule has 0 aromatic carbocycles. The van der Waals surface area contributed by atoms with Gasteiger partial charge in [0.2, 0.25) is 5.91 Å². The van der Waals surface area contributed by atoms with Crippen molar-refractivity contribution in [3.05, 3.63) is 18.5 Å². The fraction of sp³-hybridized carbons (Fsp3) is 0.692. The van der Waals surface area contributed by atoms with Gasteiger partial charge in [0.15, 0.2) is 0 Å². The first-order valence-electron chi connectivity index (χ1n) is 6.40. The number of likely N-dealkylation sites (N-methyl/N-ethyl adjacent to an activating group) is 1. The first kappa shape index (κ1) is 13.1. The predicted molar refractivity (Wildman–Crippen MR) is 68.0 cm³/mol. The quantitative estimate of drug-likeness (QED) is 0.762. The zero-order valence-corrected chi connectivity index (χ0v) is 11.1. The molecular formula is C13H21N3O2. The molecule has 100 valence electrons. The van der Waals surface area contributed by atoms with Crippen molar-refractivity contribution < 1.29 is 9.53 Å². The Morgan fingerprint density at radius 3 is 2.83 bits per heavy atom. The second-order valence-electron chi connectivity index (χ2n) is 5.06. The number of aromatic nitrogens is 2. The summed E-state index contributed by atoms with van der Waals surface area (Å²) in [7, 11) is 3.53. The summed E-state index contributed by atoms with van der Waals surface area (Å²) < 4.78 is 7.05. The Morgan fingerprint density at radius 2 is 2.33 bits per heavy atom. The Morgan fingerprint density at radius 1 is 1.56 bits per heavy atom. The average molecular weight is 251 g/mol. The van der Waals surface area contributed by atoms with Crippen LogP contribution in [0.15, 0.2) is 18.5 Å². The van der Waals surface area contributed by atoms with Crippen molar-refractivity contribution in [2.75, 3.05) is 27.3 Å². The molecule has 1 aliphatic carbocycles. The molecule has 1 heterocycles. The van der Waals surface area contributed by atoms with Gasteiger partial charge in [-0.25, -0.2) is 0 Å². The van der Waals surface area contributed by atoms with Crippen LogP contribution in [0, 0.1) is 5.41 Å². The molecule has 0 N–H and O–H groups in total. The number of rotatable bonds is 6. The Labute approximate surface area is 108 Å². The maximum Gasteiger partial charge on any atom is 0.230 e. The van der Waals surface area contributed by atoms with E-state index in [1.807, 2.05) is 24.0 Å². The van der Waals surface area contributed by atoms with Crippen LogP contribution in [0.4, 0.5) is 0 Å². The molecule has 0 spiro atoms. The molecule has 5 heteroatoms. The highest BCUT2D eigenvalue weighted by atomic mass is 16.5. The number of hydrogen-bond donors (Lipinski definition) is 0. The Kier molecular flexibility index (Phi) is 4.01.